The van der Waals surface area contributed by atoms with Gasteiger partial charge in [-0.2, -0.15) is 0 Å². The highest BCUT2D eigenvalue weighted by Gasteiger charge is 2.07. The molecule has 0 fully saturated rings. The van der Waals surface area contributed by atoms with Crippen molar-refractivity contribution in [1.29, 1.82) is 0 Å². The second kappa shape index (κ2) is 8.16. The van der Waals surface area contributed by atoms with Crippen molar-refractivity contribution in [3.05, 3.63) is 11.9 Å². The molecule has 0 saturated carbocycles. The molecule has 0 saturated heterocycles. The van der Waals surface area contributed by atoms with E-state index in [9.17, 15) is 5.11 Å². The van der Waals surface area contributed by atoms with E-state index in [1.807, 2.05) is 13.1 Å². The van der Waals surface area contributed by atoms with Gasteiger partial charge in [0.15, 0.2) is 0 Å². The Bertz CT molecular complexity index is 303. The van der Waals surface area contributed by atoms with E-state index in [-0.39, 0.29) is 0 Å². The first-order chi connectivity index (χ1) is 8.26. The lowest BCUT2D eigenvalue weighted by molar-refractivity contribution is 0.0313. The van der Waals surface area contributed by atoms with E-state index < -0.39 is 6.10 Å². The number of ether oxygens (including phenoxy) is 1. The first-order valence-electron chi connectivity index (χ1n) is 6.11. The van der Waals surface area contributed by atoms with Crippen molar-refractivity contribution < 1.29 is 9.84 Å². The van der Waals surface area contributed by atoms with Crippen LogP contribution in [0.25, 0.3) is 0 Å². The monoisotopic (exact) mass is 242 g/mol. The van der Waals surface area contributed by atoms with Crippen LogP contribution in [0.5, 0.6) is 0 Å². The third-order valence-corrected chi connectivity index (χ3v) is 2.23. The molecule has 0 radical (unpaired) electrons. The maximum Gasteiger partial charge on any atom is 0.0969 e. The lowest BCUT2D eigenvalue weighted by Crippen LogP contribution is -2.22. The molecule has 17 heavy (non-hydrogen) atoms. The molecular weight excluding hydrogens is 220 g/mol. The summed E-state index contributed by atoms with van der Waals surface area (Å²) in [6.07, 6.45) is 2.41. The van der Waals surface area contributed by atoms with Gasteiger partial charge < -0.3 is 15.2 Å². The zero-order valence-electron chi connectivity index (χ0n) is 10.6. The fourth-order valence-electron chi connectivity index (χ4n) is 1.42. The predicted molar refractivity (Wildman–Crippen MR) is 64.5 cm³/mol. The minimum absolute atomic E-state index is 0.333. The summed E-state index contributed by atoms with van der Waals surface area (Å²) in [7, 11) is 0. The number of aliphatic hydroxyl groups is 1. The molecule has 0 aliphatic rings. The van der Waals surface area contributed by atoms with Crippen LogP contribution in [-0.2, 0) is 17.8 Å². The van der Waals surface area contributed by atoms with Gasteiger partial charge in [-0.3, -0.25) is 0 Å². The van der Waals surface area contributed by atoms with E-state index >= 15 is 0 Å². The molecule has 1 rings (SSSR count). The zero-order valence-corrected chi connectivity index (χ0v) is 10.6. The lowest BCUT2D eigenvalue weighted by Gasteiger charge is -2.09. The van der Waals surface area contributed by atoms with Crippen LogP contribution < -0.4 is 5.32 Å². The highest BCUT2D eigenvalue weighted by atomic mass is 16.5. The number of aliphatic hydroxyl groups excluding tert-OH is 1. The quantitative estimate of drug-likeness (QED) is 0.604. The summed E-state index contributed by atoms with van der Waals surface area (Å²) in [6.45, 7) is 7.07. The molecule has 6 heteroatoms. The standard InChI is InChI=1S/C11H22N4O2/c1-3-5-12-6-10-7-15(14-13-10)8-11(16)9-17-4-2/h7,11-12,16H,3-6,8-9H2,1-2H3. The summed E-state index contributed by atoms with van der Waals surface area (Å²) >= 11 is 0. The van der Waals surface area contributed by atoms with Crippen LogP contribution in [0.3, 0.4) is 0 Å². The van der Waals surface area contributed by atoms with Crippen molar-refractivity contribution in [2.45, 2.75) is 39.5 Å². The molecule has 0 aliphatic carbocycles. The van der Waals surface area contributed by atoms with E-state index in [0.717, 1.165) is 25.2 Å². The predicted octanol–water partition coefficient (Wildman–Crippen LogP) is 0.175. The zero-order chi connectivity index (χ0) is 12.5. The molecule has 0 bridgehead atoms. The number of nitrogens with one attached hydrogen (secondary N) is 1. The molecule has 1 heterocycles. The molecule has 1 aromatic rings. The fourth-order valence-corrected chi connectivity index (χ4v) is 1.42. The van der Waals surface area contributed by atoms with Crippen LogP contribution in [-0.4, -0.2) is 46.0 Å². The molecule has 1 aromatic heterocycles. The van der Waals surface area contributed by atoms with E-state index in [1.165, 1.54) is 0 Å². The maximum atomic E-state index is 9.63. The van der Waals surface area contributed by atoms with Gasteiger partial charge in [-0.05, 0) is 19.9 Å². The Labute approximate surface area is 102 Å². The van der Waals surface area contributed by atoms with Crippen LogP contribution in [0.2, 0.25) is 0 Å². The van der Waals surface area contributed by atoms with Gasteiger partial charge in [0, 0.05) is 19.3 Å². The van der Waals surface area contributed by atoms with Gasteiger partial charge in [0.1, 0.15) is 0 Å². The highest BCUT2D eigenvalue weighted by molar-refractivity contribution is 4.91. The van der Waals surface area contributed by atoms with E-state index in [0.29, 0.717) is 19.8 Å². The van der Waals surface area contributed by atoms with Gasteiger partial charge in [-0.15, -0.1) is 5.10 Å². The summed E-state index contributed by atoms with van der Waals surface area (Å²) in [6, 6.07) is 0. The molecular formula is C11H22N4O2. The molecule has 0 aromatic carbocycles. The summed E-state index contributed by atoms with van der Waals surface area (Å²) < 4.78 is 6.78. The molecule has 0 spiro atoms. The summed E-state index contributed by atoms with van der Waals surface area (Å²) in [4.78, 5) is 0. The number of nitrogens with zero attached hydrogens (tertiary/aromatic N) is 3. The van der Waals surface area contributed by atoms with Crippen molar-refractivity contribution in [3.8, 4) is 0 Å². The van der Waals surface area contributed by atoms with Gasteiger partial charge >= 0.3 is 0 Å². The molecule has 0 amide bonds. The summed E-state index contributed by atoms with van der Waals surface area (Å²) in [5.74, 6) is 0. The van der Waals surface area contributed by atoms with Gasteiger partial charge in [0.2, 0.25) is 0 Å². The first-order valence-corrected chi connectivity index (χ1v) is 6.11. The number of hydrogen-bond acceptors (Lipinski definition) is 5. The number of aromatic nitrogens is 3. The Morgan fingerprint density at radius 1 is 1.53 bits per heavy atom. The van der Waals surface area contributed by atoms with Crippen LogP contribution in [0, 0.1) is 0 Å². The van der Waals surface area contributed by atoms with Crippen molar-refractivity contribution in [3.63, 3.8) is 0 Å². The maximum absolute atomic E-state index is 9.63. The Morgan fingerprint density at radius 3 is 3.06 bits per heavy atom. The molecule has 98 valence electrons. The highest BCUT2D eigenvalue weighted by Crippen LogP contribution is 1.96. The van der Waals surface area contributed by atoms with Crippen LogP contribution >= 0.6 is 0 Å². The van der Waals surface area contributed by atoms with Crippen LogP contribution in [0.1, 0.15) is 26.0 Å². The van der Waals surface area contributed by atoms with E-state index in [2.05, 4.69) is 22.6 Å². The topological polar surface area (TPSA) is 72.2 Å². The Kier molecular flexibility index (Phi) is 6.76. The Hall–Kier alpha value is -0.980. The lowest BCUT2D eigenvalue weighted by atomic mass is 10.4. The van der Waals surface area contributed by atoms with Gasteiger partial charge in [-0.1, -0.05) is 12.1 Å². The molecule has 1 unspecified atom stereocenters. The normalized spacial score (nSPS) is 12.9. The molecule has 6 nitrogen and oxygen atoms in total. The minimum Gasteiger partial charge on any atom is -0.389 e. The smallest absolute Gasteiger partial charge is 0.0969 e. The van der Waals surface area contributed by atoms with E-state index in [4.69, 9.17) is 4.74 Å². The average molecular weight is 242 g/mol. The van der Waals surface area contributed by atoms with Gasteiger partial charge in [-0.25, -0.2) is 4.68 Å². The van der Waals surface area contributed by atoms with Gasteiger partial charge in [0.05, 0.1) is 24.9 Å². The largest absolute Gasteiger partial charge is 0.389 e. The third-order valence-electron chi connectivity index (χ3n) is 2.23. The van der Waals surface area contributed by atoms with Crippen molar-refractivity contribution in [2.24, 2.45) is 0 Å². The molecule has 1 atom stereocenters. The summed E-state index contributed by atoms with van der Waals surface area (Å²) in [5.41, 5.74) is 0.891. The second-order valence-electron chi connectivity index (χ2n) is 3.92. The first kappa shape index (κ1) is 14.1. The number of hydrogen-bond donors (Lipinski definition) is 2. The average Bonchev–Trinajstić information content (AvgIpc) is 2.74. The van der Waals surface area contributed by atoms with Crippen LogP contribution in [0.4, 0.5) is 0 Å². The Morgan fingerprint density at radius 2 is 2.35 bits per heavy atom. The fraction of sp³-hybridized carbons (Fsp3) is 0.818. The minimum atomic E-state index is -0.534. The Balaban J connectivity index is 2.29. The molecule has 0 aliphatic heterocycles. The molecule has 2 N–H and O–H groups in total. The SMILES string of the molecule is CCCNCc1cn(CC(O)COCC)nn1. The van der Waals surface area contributed by atoms with E-state index in [1.54, 1.807) is 4.68 Å². The second-order valence-corrected chi connectivity index (χ2v) is 3.92. The van der Waals surface area contributed by atoms with Crippen molar-refractivity contribution in [1.82, 2.24) is 20.3 Å². The van der Waals surface area contributed by atoms with Crippen LogP contribution in [0.15, 0.2) is 6.20 Å². The van der Waals surface area contributed by atoms with Crippen molar-refractivity contribution >= 4 is 0 Å². The summed E-state index contributed by atoms with van der Waals surface area (Å²) in [5, 5.41) is 20.9. The third kappa shape index (κ3) is 5.76. The van der Waals surface area contributed by atoms with Gasteiger partial charge in [0.25, 0.3) is 0 Å². The van der Waals surface area contributed by atoms with Crippen molar-refractivity contribution in [2.75, 3.05) is 19.8 Å². The number of rotatable bonds is 9.